The molecular weight excluding hydrogens is 176 g/mol. The van der Waals surface area contributed by atoms with Gasteiger partial charge in [-0.1, -0.05) is 20.3 Å². The van der Waals surface area contributed by atoms with E-state index < -0.39 is 10.0 Å². The molecule has 3 N–H and O–H groups in total. The fourth-order valence-corrected chi connectivity index (χ4v) is 1.25. The Morgan fingerprint density at radius 3 is 2.33 bits per heavy atom. The topological polar surface area (TPSA) is 72.2 Å². The zero-order valence-corrected chi connectivity index (χ0v) is 8.69. The first-order valence-electron chi connectivity index (χ1n) is 4.07. The summed E-state index contributed by atoms with van der Waals surface area (Å²) in [5.41, 5.74) is 5.71. The average Bonchev–Trinajstić information content (AvgIpc) is 1.97. The van der Waals surface area contributed by atoms with Crippen LogP contribution < -0.4 is 10.5 Å². The molecular formula is C7H18N2O2S. The lowest BCUT2D eigenvalue weighted by atomic mass is 10.0. The molecule has 0 saturated carbocycles. The van der Waals surface area contributed by atoms with Gasteiger partial charge in [0.25, 0.3) is 0 Å². The first kappa shape index (κ1) is 11.9. The van der Waals surface area contributed by atoms with Gasteiger partial charge < -0.3 is 5.73 Å². The van der Waals surface area contributed by atoms with Crippen LogP contribution in [-0.2, 0) is 10.0 Å². The molecule has 5 heteroatoms. The molecule has 12 heavy (non-hydrogen) atoms. The Kier molecular flexibility index (Phi) is 4.74. The number of hydrogen-bond acceptors (Lipinski definition) is 3. The van der Waals surface area contributed by atoms with E-state index in [1.807, 2.05) is 13.8 Å². The zero-order chi connectivity index (χ0) is 9.78. The molecule has 0 aromatic heterocycles. The summed E-state index contributed by atoms with van der Waals surface area (Å²) < 4.78 is 23.7. The van der Waals surface area contributed by atoms with Crippen LogP contribution in [0.1, 0.15) is 20.3 Å². The van der Waals surface area contributed by atoms with Gasteiger partial charge in [0, 0.05) is 12.6 Å². The van der Waals surface area contributed by atoms with Gasteiger partial charge in [-0.2, -0.15) is 0 Å². The minimum Gasteiger partial charge on any atom is -0.326 e. The Hall–Kier alpha value is -0.130. The molecule has 2 atom stereocenters. The van der Waals surface area contributed by atoms with Crippen molar-refractivity contribution in [2.24, 2.45) is 11.7 Å². The van der Waals surface area contributed by atoms with E-state index in [1.54, 1.807) is 0 Å². The van der Waals surface area contributed by atoms with Crippen molar-refractivity contribution in [1.82, 2.24) is 4.72 Å². The summed E-state index contributed by atoms with van der Waals surface area (Å²) in [6.07, 6.45) is 2.10. The maximum absolute atomic E-state index is 10.7. The Bertz CT molecular complexity index is 213. The molecule has 0 heterocycles. The van der Waals surface area contributed by atoms with E-state index in [4.69, 9.17) is 5.73 Å². The van der Waals surface area contributed by atoms with Crippen LogP contribution in [0, 0.1) is 5.92 Å². The molecule has 0 aromatic carbocycles. The highest BCUT2D eigenvalue weighted by atomic mass is 32.2. The fourth-order valence-electron chi connectivity index (χ4n) is 0.752. The second kappa shape index (κ2) is 4.79. The van der Waals surface area contributed by atoms with Crippen molar-refractivity contribution in [3.63, 3.8) is 0 Å². The van der Waals surface area contributed by atoms with Crippen LogP contribution in [-0.4, -0.2) is 27.3 Å². The summed E-state index contributed by atoms with van der Waals surface area (Å²) in [6.45, 7) is 4.37. The number of nitrogens with two attached hydrogens (primary N) is 1. The number of sulfonamides is 1. The average molecular weight is 194 g/mol. The summed E-state index contributed by atoms with van der Waals surface area (Å²) in [6, 6.07) is -0.0928. The first-order chi connectivity index (χ1) is 5.37. The van der Waals surface area contributed by atoms with Gasteiger partial charge in [0.2, 0.25) is 10.0 Å². The molecule has 4 nitrogen and oxygen atoms in total. The highest BCUT2D eigenvalue weighted by Crippen LogP contribution is 2.03. The second-order valence-electron chi connectivity index (χ2n) is 3.17. The van der Waals surface area contributed by atoms with Crippen molar-refractivity contribution in [3.8, 4) is 0 Å². The van der Waals surface area contributed by atoms with E-state index in [0.717, 1.165) is 12.7 Å². The number of rotatable bonds is 5. The fraction of sp³-hybridized carbons (Fsp3) is 1.00. The van der Waals surface area contributed by atoms with Gasteiger partial charge in [-0.3, -0.25) is 0 Å². The summed E-state index contributed by atoms with van der Waals surface area (Å²) >= 11 is 0. The van der Waals surface area contributed by atoms with Crippen molar-refractivity contribution in [2.75, 3.05) is 12.8 Å². The molecule has 0 bridgehead atoms. The van der Waals surface area contributed by atoms with Gasteiger partial charge in [0.15, 0.2) is 0 Å². The van der Waals surface area contributed by atoms with Crippen molar-refractivity contribution in [3.05, 3.63) is 0 Å². The molecule has 0 aliphatic rings. The third kappa shape index (κ3) is 5.51. The molecule has 2 unspecified atom stereocenters. The highest BCUT2D eigenvalue weighted by Gasteiger charge is 2.12. The molecule has 0 fully saturated rings. The van der Waals surface area contributed by atoms with E-state index in [2.05, 4.69) is 4.72 Å². The van der Waals surface area contributed by atoms with Gasteiger partial charge in [0.05, 0.1) is 6.26 Å². The molecule has 0 amide bonds. The minimum atomic E-state index is -3.09. The monoisotopic (exact) mass is 194 g/mol. The Morgan fingerprint density at radius 2 is 2.00 bits per heavy atom. The highest BCUT2D eigenvalue weighted by molar-refractivity contribution is 7.88. The number of hydrogen-bond donors (Lipinski definition) is 2. The summed E-state index contributed by atoms with van der Waals surface area (Å²) in [5.74, 6) is 0.347. The van der Waals surface area contributed by atoms with Gasteiger partial charge in [-0.25, -0.2) is 13.1 Å². The van der Waals surface area contributed by atoms with E-state index in [0.29, 0.717) is 12.5 Å². The van der Waals surface area contributed by atoms with Gasteiger partial charge in [-0.15, -0.1) is 0 Å². The smallest absolute Gasteiger partial charge is 0.208 e. The van der Waals surface area contributed by atoms with Crippen LogP contribution >= 0.6 is 0 Å². The van der Waals surface area contributed by atoms with Crippen molar-refractivity contribution in [2.45, 2.75) is 26.3 Å². The standard InChI is InChI=1S/C7H18N2O2S/c1-4-6(2)7(8)5-9-12(3,10)11/h6-7,9H,4-5,8H2,1-3H3. The predicted octanol–water partition coefficient (Wildman–Crippen LogP) is -0.0910. The van der Waals surface area contributed by atoms with E-state index in [9.17, 15) is 8.42 Å². The van der Waals surface area contributed by atoms with Crippen LogP contribution in [0.3, 0.4) is 0 Å². The van der Waals surface area contributed by atoms with E-state index in [1.165, 1.54) is 0 Å². The zero-order valence-electron chi connectivity index (χ0n) is 7.87. The predicted molar refractivity (Wildman–Crippen MR) is 50.3 cm³/mol. The molecule has 0 aliphatic carbocycles. The Balaban J connectivity index is 3.79. The van der Waals surface area contributed by atoms with Gasteiger partial charge in [0.1, 0.15) is 0 Å². The van der Waals surface area contributed by atoms with Crippen molar-refractivity contribution < 1.29 is 8.42 Å². The largest absolute Gasteiger partial charge is 0.326 e. The van der Waals surface area contributed by atoms with E-state index in [-0.39, 0.29) is 6.04 Å². The minimum absolute atomic E-state index is 0.0928. The normalized spacial score (nSPS) is 17.3. The Morgan fingerprint density at radius 1 is 1.50 bits per heavy atom. The first-order valence-corrected chi connectivity index (χ1v) is 5.96. The second-order valence-corrected chi connectivity index (χ2v) is 5.00. The SMILES string of the molecule is CCC(C)C(N)CNS(C)(=O)=O. The summed E-state index contributed by atoms with van der Waals surface area (Å²) in [5, 5.41) is 0. The molecule has 0 radical (unpaired) electrons. The lowest BCUT2D eigenvalue weighted by molar-refractivity contribution is 0.437. The van der Waals surface area contributed by atoms with Gasteiger partial charge in [-0.05, 0) is 5.92 Å². The number of nitrogens with one attached hydrogen (secondary N) is 1. The van der Waals surface area contributed by atoms with Crippen LogP contribution in [0.5, 0.6) is 0 Å². The summed E-state index contributed by atoms with van der Waals surface area (Å²) in [4.78, 5) is 0. The third-order valence-corrected chi connectivity index (χ3v) is 2.65. The third-order valence-electron chi connectivity index (χ3n) is 1.96. The molecule has 0 rings (SSSR count). The van der Waals surface area contributed by atoms with Crippen LogP contribution in [0.4, 0.5) is 0 Å². The lowest BCUT2D eigenvalue weighted by Crippen LogP contribution is -2.40. The van der Waals surface area contributed by atoms with Gasteiger partial charge >= 0.3 is 0 Å². The molecule has 0 saturated heterocycles. The molecule has 74 valence electrons. The molecule has 0 spiro atoms. The molecule has 0 aromatic rings. The van der Waals surface area contributed by atoms with Crippen molar-refractivity contribution in [1.29, 1.82) is 0 Å². The maximum Gasteiger partial charge on any atom is 0.208 e. The Labute approximate surface area is 74.6 Å². The lowest BCUT2D eigenvalue weighted by Gasteiger charge is -2.17. The summed E-state index contributed by atoms with van der Waals surface area (Å²) in [7, 11) is -3.09. The van der Waals surface area contributed by atoms with Crippen LogP contribution in [0.2, 0.25) is 0 Å². The van der Waals surface area contributed by atoms with Crippen molar-refractivity contribution >= 4 is 10.0 Å². The maximum atomic E-state index is 10.7. The molecule has 0 aliphatic heterocycles. The quantitative estimate of drug-likeness (QED) is 0.642. The van der Waals surface area contributed by atoms with Crippen LogP contribution in [0.25, 0.3) is 0 Å². The van der Waals surface area contributed by atoms with Crippen LogP contribution in [0.15, 0.2) is 0 Å². The van der Waals surface area contributed by atoms with E-state index >= 15 is 0 Å².